The van der Waals surface area contributed by atoms with Crippen molar-refractivity contribution in [2.24, 2.45) is 5.92 Å². The topological polar surface area (TPSA) is 45.4 Å². The Balaban J connectivity index is 1.41. The lowest BCUT2D eigenvalue weighted by atomic mass is 9.94. The molecule has 5 heteroatoms. The maximum Gasteiger partial charge on any atom is 0.240 e. The van der Waals surface area contributed by atoms with Gasteiger partial charge in [-0.05, 0) is 32.1 Å². The molecule has 2 heterocycles. The van der Waals surface area contributed by atoms with E-state index in [-0.39, 0.29) is 0 Å². The van der Waals surface area contributed by atoms with Crippen LogP contribution >= 0.6 is 0 Å². The maximum atomic E-state index is 5.19. The molecule has 0 aromatic carbocycles. The van der Waals surface area contributed by atoms with E-state index < -0.39 is 0 Å². The smallest absolute Gasteiger partial charge is 0.240 e. The molecule has 1 saturated heterocycles. The maximum absolute atomic E-state index is 5.19. The molecule has 1 aromatic heterocycles. The van der Waals surface area contributed by atoms with Crippen molar-refractivity contribution in [2.45, 2.75) is 32.7 Å². The van der Waals surface area contributed by atoms with Gasteiger partial charge in [0.25, 0.3) is 0 Å². The monoisotopic (exact) mass is 276 g/mol. The van der Waals surface area contributed by atoms with Crippen LogP contribution in [-0.2, 0) is 6.54 Å². The molecule has 0 radical (unpaired) electrons. The van der Waals surface area contributed by atoms with Crippen molar-refractivity contribution in [1.29, 1.82) is 0 Å². The number of allylic oxidation sites excluding steroid dienone is 2. The van der Waals surface area contributed by atoms with Gasteiger partial charge in [-0.2, -0.15) is 4.98 Å². The SMILES string of the molecule is Cc1noc(CN2CCN(C[C@@H]3CC=CCC3)CC2)n1. The fourth-order valence-electron chi connectivity index (χ4n) is 3.11. The number of hydrogen-bond donors (Lipinski definition) is 0. The Morgan fingerprint density at radius 2 is 2.00 bits per heavy atom. The summed E-state index contributed by atoms with van der Waals surface area (Å²) in [4.78, 5) is 9.29. The molecule has 110 valence electrons. The molecule has 20 heavy (non-hydrogen) atoms. The standard InChI is InChI=1S/C15H24N4O/c1-13-16-15(20-17-13)12-19-9-7-18(8-10-19)11-14-5-3-2-4-6-14/h2-3,14H,4-12H2,1H3/t14-/m1/s1. The van der Waals surface area contributed by atoms with Gasteiger partial charge in [0, 0.05) is 32.7 Å². The van der Waals surface area contributed by atoms with E-state index in [9.17, 15) is 0 Å². The van der Waals surface area contributed by atoms with Gasteiger partial charge in [-0.3, -0.25) is 4.90 Å². The molecular weight excluding hydrogens is 252 g/mol. The normalized spacial score (nSPS) is 25.1. The van der Waals surface area contributed by atoms with Gasteiger partial charge in [0.1, 0.15) is 0 Å². The van der Waals surface area contributed by atoms with Gasteiger partial charge in [0.05, 0.1) is 6.54 Å². The van der Waals surface area contributed by atoms with Crippen molar-refractivity contribution in [3.8, 4) is 0 Å². The highest BCUT2D eigenvalue weighted by atomic mass is 16.5. The quantitative estimate of drug-likeness (QED) is 0.785. The number of rotatable bonds is 4. The molecule has 1 atom stereocenters. The van der Waals surface area contributed by atoms with Gasteiger partial charge in [-0.25, -0.2) is 0 Å². The third kappa shape index (κ3) is 3.67. The van der Waals surface area contributed by atoms with Gasteiger partial charge >= 0.3 is 0 Å². The Labute approximate surface area is 120 Å². The second kappa shape index (κ2) is 6.50. The van der Waals surface area contributed by atoms with Gasteiger partial charge < -0.3 is 9.42 Å². The van der Waals surface area contributed by atoms with Crippen molar-refractivity contribution in [3.05, 3.63) is 23.9 Å². The Morgan fingerprint density at radius 1 is 1.20 bits per heavy atom. The summed E-state index contributed by atoms with van der Waals surface area (Å²) in [6.07, 6.45) is 8.56. The van der Waals surface area contributed by atoms with Crippen molar-refractivity contribution in [1.82, 2.24) is 19.9 Å². The summed E-state index contributed by atoms with van der Waals surface area (Å²) in [7, 11) is 0. The molecule has 0 saturated carbocycles. The fourth-order valence-corrected chi connectivity index (χ4v) is 3.11. The highest BCUT2D eigenvalue weighted by molar-refractivity contribution is 4.91. The first-order chi connectivity index (χ1) is 9.79. The number of hydrogen-bond acceptors (Lipinski definition) is 5. The molecule has 0 N–H and O–H groups in total. The Morgan fingerprint density at radius 3 is 2.65 bits per heavy atom. The zero-order chi connectivity index (χ0) is 13.8. The fraction of sp³-hybridized carbons (Fsp3) is 0.733. The second-order valence-corrected chi connectivity index (χ2v) is 5.96. The van der Waals surface area contributed by atoms with Crippen LogP contribution in [0.4, 0.5) is 0 Å². The molecule has 3 rings (SSSR count). The second-order valence-electron chi connectivity index (χ2n) is 5.96. The molecule has 0 unspecified atom stereocenters. The minimum Gasteiger partial charge on any atom is -0.338 e. The first kappa shape index (κ1) is 13.8. The predicted octanol–water partition coefficient (Wildman–Crippen LogP) is 1.85. The summed E-state index contributed by atoms with van der Waals surface area (Å²) >= 11 is 0. The van der Waals surface area contributed by atoms with E-state index >= 15 is 0 Å². The van der Waals surface area contributed by atoms with Crippen molar-refractivity contribution in [3.63, 3.8) is 0 Å². The highest BCUT2D eigenvalue weighted by Crippen LogP contribution is 2.20. The van der Waals surface area contributed by atoms with Crippen molar-refractivity contribution < 1.29 is 4.52 Å². The van der Waals surface area contributed by atoms with E-state index in [0.717, 1.165) is 50.4 Å². The Bertz CT molecular complexity index is 448. The van der Waals surface area contributed by atoms with Crippen LogP contribution in [0, 0.1) is 12.8 Å². The third-order valence-corrected chi connectivity index (χ3v) is 4.29. The van der Waals surface area contributed by atoms with Gasteiger partial charge in [-0.15, -0.1) is 0 Å². The highest BCUT2D eigenvalue weighted by Gasteiger charge is 2.21. The molecule has 1 aromatic rings. The predicted molar refractivity (Wildman–Crippen MR) is 77.2 cm³/mol. The van der Waals surface area contributed by atoms with Gasteiger partial charge in [0.2, 0.25) is 5.89 Å². The van der Waals surface area contributed by atoms with Crippen LogP contribution in [0.15, 0.2) is 16.7 Å². The zero-order valence-corrected chi connectivity index (χ0v) is 12.3. The number of aryl methyl sites for hydroxylation is 1. The lowest BCUT2D eigenvalue weighted by Gasteiger charge is -2.36. The summed E-state index contributed by atoms with van der Waals surface area (Å²) < 4.78 is 5.19. The summed E-state index contributed by atoms with van der Waals surface area (Å²) in [5.74, 6) is 2.34. The number of aromatic nitrogens is 2. The molecular formula is C15H24N4O. The van der Waals surface area contributed by atoms with Crippen LogP contribution in [0.1, 0.15) is 31.0 Å². The molecule has 0 spiro atoms. The average molecular weight is 276 g/mol. The van der Waals surface area contributed by atoms with E-state index in [0.29, 0.717) is 0 Å². The van der Waals surface area contributed by atoms with Gasteiger partial charge in [-0.1, -0.05) is 17.3 Å². The summed E-state index contributed by atoms with van der Waals surface area (Å²) in [6.45, 7) is 8.44. The van der Waals surface area contributed by atoms with Crippen molar-refractivity contribution >= 4 is 0 Å². The lowest BCUT2D eigenvalue weighted by Crippen LogP contribution is -2.47. The molecule has 0 amide bonds. The van der Waals surface area contributed by atoms with Crippen molar-refractivity contribution in [2.75, 3.05) is 32.7 Å². The van der Waals surface area contributed by atoms with E-state index in [1.165, 1.54) is 25.8 Å². The van der Waals surface area contributed by atoms with E-state index in [1.54, 1.807) is 0 Å². The minimum atomic E-state index is 0.726. The number of nitrogens with zero attached hydrogens (tertiary/aromatic N) is 4. The Kier molecular flexibility index (Phi) is 4.47. The molecule has 5 nitrogen and oxygen atoms in total. The lowest BCUT2D eigenvalue weighted by molar-refractivity contribution is 0.103. The first-order valence-electron chi connectivity index (χ1n) is 7.68. The average Bonchev–Trinajstić information content (AvgIpc) is 2.88. The Hall–Kier alpha value is -1.20. The van der Waals surface area contributed by atoms with E-state index in [1.807, 2.05) is 6.92 Å². The van der Waals surface area contributed by atoms with Crippen LogP contribution < -0.4 is 0 Å². The summed E-state index contributed by atoms with van der Waals surface area (Å²) in [5, 5.41) is 3.84. The molecule has 1 fully saturated rings. The van der Waals surface area contributed by atoms with E-state index in [2.05, 4.69) is 32.1 Å². The van der Waals surface area contributed by atoms with Crippen LogP contribution in [0.3, 0.4) is 0 Å². The van der Waals surface area contributed by atoms with Gasteiger partial charge in [0.15, 0.2) is 5.82 Å². The third-order valence-electron chi connectivity index (χ3n) is 4.29. The first-order valence-corrected chi connectivity index (χ1v) is 7.68. The van der Waals surface area contributed by atoms with Crippen LogP contribution in [0.5, 0.6) is 0 Å². The minimum absolute atomic E-state index is 0.726. The summed E-state index contributed by atoms with van der Waals surface area (Å²) in [6, 6.07) is 0. The van der Waals surface area contributed by atoms with Crippen LogP contribution in [-0.4, -0.2) is 52.7 Å². The van der Waals surface area contributed by atoms with E-state index in [4.69, 9.17) is 4.52 Å². The molecule has 2 aliphatic rings. The molecule has 0 bridgehead atoms. The zero-order valence-electron chi connectivity index (χ0n) is 12.3. The largest absolute Gasteiger partial charge is 0.338 e. The molecule has 1 aliphatic carbocycles. The van der Waals surface area contributed by atoms with Crippen LogP contribution in [0.2, 0.25) is 0 Å². The molecule has 1 aliphatic heterocycles. The number of piperazine rings is 1. The van der Waals surface area contributed by atoms with Crippen LogP contribution in [0.25, 0.3) is 0 Å². The summed E-state index contributed by atoms with van der Waals surface area (Å²) in [5.41, 5.74) is 0.